The van der Waals surface area contributed by atoms with Crippen molar-refractivity contribution in [2.45, 2.75) is 20.0 Å². The largest absolute Gasteiger partial charge is 0.488 e. The van der Waals surface area contributed by atoms with E-state index in [1.807, 2.05) is 25.1 Å². The molecule has 1 heterocycles. The molecule has 0 aliphatic carbocycles. The van der Waals surface area contributed by atoms with E-state index in [0.29, 0.717) is 18.9 Å². The number of aryl methyl sites for hydroxylation is 1. The fourth-order valence-corrected chi connectivity index (χ4v) is 1.65. The van der Waals surface area contributed by atoms with Crippen LogP contribution in [0.25, 0.3) is 0 Å². The smallest absolute Gasteiger partial charge is 0.130 e. The lowest BCUT2D eigenvalue weighted by Crippen LogP contribution is -1.96. The Labute approximate surface area is 117 Å². The fraction of sp³-hybridized carbons (Fsp3) is 0.267. The molecule has 0 spiro atoms. The monoisotopic (exact) mass is 275 g/mol. The molecule has 0 amide bonds. The van der Waals surface area contributed by atoms with Crippen LogP contribution in [0.3, 0.4) is 0 Å². The summed E-state index contributed by atoms with van der Waals surface area (Å²) >= 11 is 5.58. The fourth-order valence-electron chi connectivity index (χ4n) is 1.56. The van der Waals surface area contributed by atoms with Crippen molar-refractivity contribution in [2.75, 3.05) is 5.88 Å². The van der Waals surface area contributed by atoms with Gasteiger partial charge in [-0.3, -0.25) is 0 Å². The van der Waals surface area contributed by atoms with Crippen molar-refractivity contribution in [2.24, 2.45) is 0 Å². The van der Waals surface area contributed by atoms with Gasteiger partial charge in [-0.05, 0) is 30.7 Å². The summed E-state index contributed by atoms with van der Waals surface area (Å²) in [5.41, 5.74) is 2.93. The summed E-state index contributed by atoms with van der Waals surface area (Å²) in [4.78, 5) is 0. The number of ether oxygens (including phenoxy) is 1. The SMILES string of the molecule is Cc1cc(C#CCCCl)ccc1OCc1cnoc1. The molecule has 0 aliphatic rings. The molecular weight excluding hydrogens is 262 g/mol. The van der Waals surface area contributed by atoms with Gasteiger partial charge in [0, 0.05) is 23.4 Å². The molecule has 0 radical (unpaired) electrons. The zero-order chi connectivity index (χ0) is 13.5. The highest BCUT2D eigenvalue weighted by Crippen LogP contribution is 2.20. The van der Waals surface area contributed by atoms with Gasteiger partial charge in [0.15, 0.2) is 0 Å². The van der Waals surface area contributed by atoms with Gasteiger partial charge in [-0.25, -0.2) is 0 Å². The molecule has 1 aromatic heterocycles. The van der Waals surface area contributed by atoms with Gasteiger partial charge in [0.1, 0.15) is 18.6 Å². The highest BCUT2D eigenvalue weighted by Gasteiger charge is 2.02. The molecule has 0 saturated carbocycles. The maximum absolute atomic E-state index is 5.69. The molecule has 0 unspecified atom stereocenters. The number of rotatable bonds is 4. The molecule has 2 rings (SSSR count). The highest BCUT2D eigenvalue weighted by molar-refractivity contribution is 6.18. The molecular formula is C15H14ClNO2. The maximum atomic E-state index is 5.69. The van der Waals surface area contributed by atoms with Crippen LogP contribution in [0.1, 0.15) is 23.1 Å². The van der Waals surface area contributed by atoms with Gasteiger partial charge >= 0.3 is 0 Å². The quantitative estimate of drug-likeness (QED) is 0.632. The Morgan fingerprint density at radius 3 is 3.00 bits per heavy atom. The molecule has 0 saturated heterocycles. The van der Waals surface area contributed by atoms with E-state index < -0.39 is 0 Å². The number of hydrogen-bond donors (Lipinski definition) is 0. The summed E-state index contributed by atoms with van der Waals surface area (Å²) in [7, 11) is 0. The first kappa shape index (κ1) is 13.5. The predicted octanol–water partition coefficient (Wildman–Crippen LogP) is 3.54. The number of aromatic nitrogens is 1. The molecule has 0 aliphatic heterocycles. The molecule has 98 valence electrons. The summed E-state index contributed by atoms with van der Waals surface area (Å²) in [6.07, 6.45) is 3.91. The molecule has 0 fully saturated rings. The van der Waals surface area contributed by atoms with Crippen molar-refractivity contribution in [3.05, 3.63) is 47.3 Å². The van der Waals surface area contributed by atoms with E-state index in [0.717, 1.165) is 22.4 Å². The number of nitrogens with zero attached hydrogens (tertiary/aromatic N) is 1. The van der Waals surface area contributed by atoms with E-state index in [2.05, 4.69) is 17.0 Å². The molecule has 2 aromatic rings. The van der Waals surface area contributed by atoms with Crippen LogP contribution in [0.4, 0.5) is 0 Å². The van der Waals surface area contributed by atoms with Gasteiger partial charge in [0.05, 0.1) is 6.20 Å². The van der Waals surface area contributed by atoms with Crippen molar-refractivity contribution in [3.8, 4) is 17.6 Å². The van der Waals surface area contributed by atoms with E-state index >= 15 is 0 Å². The van der Waals surface area contributed by atoms with Gasteiger partial charge in [-0.2, -0.15) is 0 Å². The first-order valence-electron chi connectivity index (χ1n) is 5.96. The second-order valence-corrected chi connectivity index (χ2v) is 4.42. The normalized spacial score (nSPS) is 9.79. The van der Waals surface area contributed by atoms with Crippen LogP contribution in [0.15, 0.2) is 35.2 Å². The minimum atomic E-state index is 0.446. The lowest BCUT2D eigenvalue weighted by molar-refractivity contribution is 0.302. The number of benzene rings is 1. The average molecular weight is 276 g/mol. The first-order valence-corrected chi connectivity index (χ1v) is 6.49. The summed E-state index contributed by atoms with van der Waals surface area (Å²) in [6.45, 7) is 2.44. The third-order valence-electron chi connectivity index (χ3n) is 2.50. The average Bonchev–Trinajstić information content (AvgIpc) is 2.91. The number of alkyl halides is 1. The van der Waals surface area contributed by atoms with Crippen LogP contribution in [-0.2, 0) is 6.61 Å². The molecule has 3 nitrogen and oxygen atoms in total. The third-order valence-corrected chi connectivity index (χ3v) is 2.69. The Balaban J connectivity index is 2.01. The van der Waals surface area contributed by atoms with Crippen molar-refractivity contribution >= 4 is 11.6 Å². The zero-order valence-corrected chi connectivity index (χ0v) is 11.4. The predicted molar refractivity (Wildman–Crippen MR) is 74.2 cm³/mol. The van der Waals surface area contributed by atoms with E-state index in [1.54, 1.807) is 12.5 Å². The zero-order valence-electron chi connectivity index (χ0n) is 10.6. The highest BCUT2D eigenvalue weighted by atomic mass is 35.5. The summed E-state index contributed by atoms with van der Waals surface area (Å²) < 4.78 is 10.4. The molecule has 0 N–H and O–H groups in total. The number of halogens is 1. The van der Waals surface area contributed by atoms with Crippen molar-refractivity contribution < 1.29 is 9.26 Å². The van der Waals surface area contributed by atoms with Gasteiger partial charge in [-0.15, -0.1) is 11.6 Å². The maximum Gasteiger partial charge on any atom is 0.130 e. The Morgan fingerprint density at radius 2 is 2.32 bits per heavy atom. The van der Waals surface area contributed by atoms with Crippen molar-refractivity contribution in [1.29, 1.82) is 0 Å². The second-order valence-electron chi connectivity index (χ2n) is 4.04. The summed E-state index contributed by atoms with van der Waals surface area (Å²) in [5.74, 6) is 7.48. The van der Waals surface area contributed by atoms with E-state index in [1.165, 1.54) is 0 Å². The van der Waals surface area contributed by atoms with Gasteiger partial charge < -0.3 is 9.26 Å². The van der Waals surface area contributed by atoms with Crippen molar-refractivity contribution in [3.63, 3.8) is 0 Å². The summed E-state index contributed by atoms with van der Waals surface area (Å²) in [5, 5.41) is 3.63. The van der Waals surface area contributed by atoms with Crippen LogP contribution in [0.2, 0.25) is 0 Å². The van der Waals surface area contributed by atoms with Crippen LogP contribution < -0.4 is 4.74 Å². The van der Waals surface area contributed by atoms with E-state index in [9.17, 15) is 0 Å². The van der Waals surface area contributed by atoms with Crippen molar-refractivity contribution in [1.82, 2.24) is 5.16 Å². The standard InChI is InChI=1S/C15H14ClNO2/c1-12-8-13(4-2-3-7-16)5-6-15(12)18-10-14-9-17-19-11-14/h5-6,8-9,11H,3,7,10H2,1H3. The van der Waals surface area contributed by atoms with E-state index in [-0.39, 0.29) is 0 Å². The minimum absolute atomic E-state index is 0.446. The lowest BCUT2D eigenvalue weighted by Gasteiger charge is -2.07. The molecule has 1 aromatic carbocycles. The Kier molecular flexibility index (Phi) is 4.88. The molecule has 0 bridgehead atoms. The number of hydrogen-bond acceptors (Lipinski definition) is 3. The molecule has 0 atom stereocenters. The minimum Gasteiger partial charge on any atom is -0.488 e. The van der Waals surface area contributed by atoms with Gasteiger partial charge in [0.2, 0.25) is 0 Å². The van der Waals surface area contributed by atoms with Gasteiger partial charge in [-0.1, -0.05) is 17.0 Å². The van der Waals surface area contributed by atoms with Gasteiger partial charge in [0.25, 0.3) is 0 Å². The van der Waals surface area contributed by atoms with Crippen LogP contribution in [0, 0.1) is 18.8 Å². The third kappa shape index (κ3) is 4.04. The topological polar surface area (TPSA) is 35.3 Å². The Bertz CT molecular complexity index is 582. The first-order chi connectivity index (χ1) is 9.29. The second kappa shape index (κ2) is 6.86. The van der Waals surface area contributed by atoms with Crippen LogP contribution >= 0.6 is 11.6 Å². The Hall–Kier alpha value is -1.92. The molecule has 19 heavy (non-hydrogen) atoms. The van der Waals surface area contributed by atoms with Crippen LogP contribution in [0.5, 0.6) is 5.75 Å². The summed E-state index contributed by atoms with van der Waals surface area (Å²) in [6, 6.07) is 5.87. The lowest BCUT2D eigenvalue weighted by atomic mass is 10.1. The Morgan fingerprint density at radius 1 is 1.42 bits per heavy atom. The van der Waals surface area contributed by atoms with E-state index in [4.69, 9.17) is 20.9 Å². The van der Waals surface area contributed by atoms with Crippen LogP contribution in [-0.4, -0.2) is 11.0 Å². The molecule has 4 heteroatoms.